The fourth-order valence-electron chi connectivity index (χ4n) is 1.85. The number of hydrogen-bond acceptors (Lipinski definition) is 4. The number of primary amides is 1. The third-order valence-corrected chi connectivity index (χ3v) is 2.69. The van der Waals surface area contributed by atoms with Crippen molar-refractivity contribution in [2.45, 2.75) is 6.42 Å². The van der Waals surface area contributed by atoms with Crippen LogP contribution in [0.4, 0.5) is 5.69 Å². The lowest BCUT2D eigenvalue weighted by atomic mass is 10.1. The molecule has 1 aliphatic rings. The standard InChI is InChI=1S/C12H9N3O2/c13-12(16)7-1-2-8-9(5-7)14-4-3-10-11(8)15-6-17-10/h1-2,4-6H,3H2,(H2,13,16). The predicted molar refractivity (Wildman–Crippen MR) is 62.3 cm³/mol. The minimum atomic E-state index is -0.465. The maximum absolute atomic E-state index is 11.1. The average Bonchev–Trinajstić information content (AvgIpc) is 2.71. The van der Waals surface area contributed by atoms with Crippen molar-refractivity contribution in [2.75, 3.05) is 0 Å². The molecule has 0 radical (unpaired) electrons. The molecule has 2 N–H and O–H groups in total. The van der Waals surface area contributed by atoms with E-state index in [0.29, 0.717) is 17.7 Å². The van der Waals surface area contributed by atoms with Gasteiger partial charge in [0.25, 0.3) is 0 Å². The lowest BCUT2D eigenvalue weighted by Gasteiger charge is -2.03. The Morgan fingerprint density at radius 3 is 3.12 bits per heavy atom. The van der Waals surface area contributed by atoms with Gasteiger partial charge in [-0.1, -0.05) is 0 Å². The summed E-state index contributed by atoms with van der Waals surface area (Å²) in [6.07, 6.45) is 3.74. The highest BCUT2D eigenvalue weighted by molar-refractivity contribution is 5.96. The van der Waals surface area contributed by atoms with Gasteiger partial charge in [0, 0.05) is 23.8 Å². The van der Waals surface area contributed by atoms with Crippen LogP contribution in [0.25, 0.3) is 11.3 Å². The Hall–Kier alpha value is -2.43. The molecule has 0 fully saturated rings. The van der Waals surface area contributed by atoms with E-state index in [0.717, 1.165) is 17.0 Å². The Morgan fingerprint density at radius 2 is 2.29 bits per heavy atom. The van der Waals surface area contributed by atoms with Gasteiger partial charge in [-0.25, -0.2) is 4.98 Å². The summed E-state index contributed by atoms with van der Waals surface area (Å²) in [5.74, 6) is 0.312. The Kier molecular flexibility index (Phi) is 2.04. The molecule has 0 unspecified atom stereocenters. The van der Waals surface area contributed by atoms with Crippen LogP contribution in [0.2, 0.25) is 0 Å². The zero-order chi connectivity index (χ0) is 11.8. The summed E-state index contributed by atoms with van der Waals surface area (Å²) in [4.78, 5) is 19.6. The van der Waals surface area contributed by atoms with E-state index in [1.807, 2.05) is 0 Å². The van der Waals surface area contributed by atoms with Gasteiger partial charge in [0.15, 0.2) is 6.39 Å². The number of nitrogens with zero attached hydrogens (tertiary/aromatic N) is 2. The minimum Gasteiger partial charge on any atom is -0.447 e. The number of carbonyl (C=O) groups is 1. The van der Waals surface area contributed by atoms with Crippen molar-refractivity contribution in [2.24, 2.45) is 10.7 Å². The van der Waals surface area contributed by atoms with Crippen molar-refractivity contribution < 1.29 is 9.21 Å². The van der Waals surface area contributed by atoms with Gasteiger partial charge in [-0.15, -0.1) is 0 Å². The molecular formula is C12H9N3O2. The molecule has 0 saturated heterocycles. The van der Waals surface area contributed by atoms with E-state index in [-0.39, 0.29) is 0 Å². The first-order valence-electron chi connectivity index (χ1n) is 5.15. The molecule has 0 atom stereocenters. The molecular weight excluding hydrogens is 218 g/mol. The van der Waals surface area contributed by atoms with E-state index in [9.17, 15) is 4.79 Å². The summed E-state index contributed by atoms with van der Waals surface area (Å²) < 4.78 is 5.28. The van der Waals surface area contributed by atoms with Gasteiger partial charge in [-0.05, 0) is 18.2 Å². The van der Waals surface area contributed by atoms with E-state index in [1.165, 1.54) is 6.39 Å². The van der Waals surface area contributed by atoms with Crippen molar-refractivity contribution in [1.29, 1.82) is 0 Å². The maximum Gasteiger partial charge on any atom is 0.248 e. The summed E-state index contributed by atoms with van der Waals surface area (Å²) in [6.45, 7) is 0. The number of benzene rings is 1. The second kappa shape index (κ2) is 3.55. The second-order valence-electron chi connectivity index (χ2n) is 3.74. The van der Waals surface area contributed by atoms with Crippen molar-refractivity contribution in [3.05, 3.63) is 35.9 Å². The van der Waals surface area contributed by atoms with E-state index >= 15 is 0 Å². The average molecular weight is 227 g/mol. The van der Waals surface area contributed by atoms with Crippen molar-refractivity contribution in [3.63, 3.8) is 0 Å². The molecule has 84 valence electrons. The topological polar surface area (TPSA) is 81.5 Å². The summed E-state index contributed by atoms with van der Waals surface area (Å²) in [7, 11) is 0. The zero-order valence-corrected chi connectivity index (χ0v) is 8.88. The molecule has 2 heterocycles. The van der Waals surface area contributed by atoms with Crippen LogP contribution in [0.1, 0.15) is 16.1 Å². The van der Waals surface area contributed by atoms with E-state index in [2.05, 4.69) is 9.98 Å². The molecule has 1 aromatic carbocycles. The molecule has 2 aromatic rings. The van der Waals surface area contributed by atoms with Crippen LogP contribution >= 0.6 is 0 Å². The Bertz CT molecular complexity index is 628. The monoisotopic (exact) mass is 227 g/mol. The molecule has 1 amide bonds. The normalized spacial score (nSPS) is 12.7. The number of aromatic nitrogens is 1. The summed E-state index contributed by atoms with van der Waals surface area (Å²) in [5.41, 5.74) is 7.99. The fourth-order valence-corrected chi connectivity index (χ4v) is 1.85. The zero-order valence-electron chi connectivity index (χ0n) is 8.88. The molecule has 1 aliphatic heterocycles. The van der Waals surface area contributed by atoms with Crippen molar-refractivity contribution in [3.8, 4) is 11.3 Å². The molecule has 1 aromatic heterocycles. The van der Waals surface area contributed by atoms with Crippen LogP contribution in [0.5, 0.6) is 0 Å². The lowest BCUT2D eigenvalue weighted by Crippen LogP contribution is -2.10. The van der Waals surface area contributed by atoms with Crippen LogP contribution in [-0.2, 0) is 6.42 Å². The van der Waals surface area contributed by atoms with E-state index in [4.69, 9.17) is 10.2 Å². The fraction of sp³-hybridized carbons (Fsp3) is 0.0833. The first kappa shape index (κ1) is 9.77. The van der Waals surface area contributed by atoms with Crippen LogP contribution < -0.4 is 5.73 Å². The Morgan fingerprint density at radius 1 is 1.41 bits per heavy atom. The molecule has 17 heavy (non-hydrogen) atoms. The molecule has 5 heteroatoms. The van der Waals surface area contributed by atoms with Gasteiger partial charge in [-0.2, -0.15) is 0 Å². The van der Waals surface area contributed by atoms with Gasteiger partial charge in [-0.3, -0.25) is 9.79 Å². The second-order valence-corrected chi connectivity index (χ2v) is 3.74. The smallest absolute Gasteiger partial charge is 0.248 e. The first-order chi connectivity index (χ1) is 8.25. The lowest BCUT2D eigenvalue weighted by molar-refractivity contribution is 0.100. The summed E-state index contributed by atoms with van der Waals surface area (Å²) >= 11 is 0. The van der Waals surface area contributed by atoms with Crippen LogP contribution in [0.3, 0.4) is 0 Å². The van der Waals surface area contributed by atoms with Crippen LogP contribution in [-0.4, -0.2) is 17.1 Å². The highest BCUT2D eigenvalue weighted by Crippen LogP contribution is 2.34. The molecule has 5 nitrogen and oxygen atoms in total. The van der Waals surface area contributed by atoms with Gasteiger partial charge in [0.2, 0.25) is 5.91 Å². The van der Waals surface area contributed by atoms with Crippen molar-refractivity contribution >= 4 is 17.8 Å². The summed E-state index contributed by atoms with van der Waals surface area (Å²) in [6, 6.07) is 5.12. The largest absolute Gasteiger partial charge is 0.447 e. The van der Waals surface area contributed by atoms with Crippen LogP contribution in [0.15, 0.2) is 34.0 Å². The number of nitrogens with two attached hydrogens (primary N) is 1. The number of amides is 1. The number of carbonyl (C=O) groups excluding carboxylic acids is 1. The molecule has 0 aliphatic carbocycles. The number of aliphatic imine (C=N–C) groups is 1. The van der Waals surface area contributed by atoms with E-state index in [1.54, 1.807) is 24.4 Å². The van der Waals surface area contributed by atoms with Crippen molar-refractivity contribution in [1.82, 2.24) is 4.98 Å². The van der Waals surface area contributed by atoms with Crippen LogP contribution in [0, 0.1) is 0 Å². The molecule has 0 bridgehead atoms. The highest BCUT2D eigenvalue weighted by Gasteiger charge is 2.17. The quantitative estimate of drug-likeness (QED) is 0.804. The Balaban J connectivity index is 2.23. The first-order valence-corrected chi connectivity index (χ1v) is 5.15. The Labute approximate surface area is 97.0 Å². The summed E-state index contributed by atoms with van der Waals surface area (Å²) in [5, 5.41) is 0. The molecule has 0 spiro atoms. The van der Waals surface area contributed by atoms with Gasteiger partial charge >= 0.3 is 0 Å². The number of rotatable bonds is 1. The van der Waals surface area contributed by atoms with Gasteiger partial charge < -0.3 is 10.2 Å². The van der Waals surface area contributed by atoms with E-state index < -0.39 is 5.91 Å². The maximum atomic E-state index is 11.1. The third-order valence-electron chi connectivity index (χ3n) is 2.69. The van der Waals surface area contributed by atoms with Gasteiger partial charge in [0.1, 0.15) is 11.5 Å². The predicted octanol–water partition coefficient (Wildman–Crippen LogP) is 1.70. The third kappa shape index (κ3) is 1.52. The minimum absolute atomic E-state index is 0.438. The SMILES string of the molecule is NC(=O)c1ccc2c(c1)N=CCc1ocnc1-2. The highest BCUT2D eigenvalue weighted by atomic mass is 16.3. The number of fused-ring (bicyclic) bond motifs is 3. The number of hydrogen-bond donors (Lipinski definition) is 1. The van der Waals surface area contributed by atoms with Gasteiger partial charge in [0.05, 0.1) is 5.69 Å². The number of oxazole rings is 1. The molecule has 3 rings (SSSR count). The molecule has 0 saturated carbocycles.